The van der Waals surface area contributed by atoms with Crippen LogP contribution < -0.4 is 0 Å². The van der Waals surface area contributed by atoms with Crippen molar-refractivity contribution in [3.63, 3.8) is 0 Å². The SMILES string of the molecule is CC(C)c1nnc2n1CCN(C(=O)CCc1ccc([C@H]3C[C@@H]3C)o1)C2. The summed E-state index contributed by atoms with van der Waals surface area (Å²) in [5.74, 6) is 5.76. The Kier molecular flexibility index (Phi) is 4.13. The number of furan rings is 1. The minimum absolute atomic E-state index is 0.165. The molecule has 1 aliphatic heterocycles. The van der Waals surface area contributed by atoms with E-state index in [0.29, 0.717) is 31.2 Å². The van der Waals surface area contributed by atoms with E-state index in [1.165, 1.54) is 6.42 Å². The fourth-order valence-electron chi connectivity index (χ4n) is 3.66. The fourth-order valence-corrected chi connectivity index (χ4v) is 3.66. The third kappa shape index (κ3) is 3.22. The summed E-state index contributed by atoms with van der Waals surface area (Å²) < 4.78 is 8.06. The van der Waals surface area contributed by atoms with E-state index in [4.69, 9.17) is 4.42 Å². The molecule has 4 rings (SSSR count). The van der Waals surface area contributed by atoms with Crippen LogP contribution in [0.25, 0.3) is 0 Å². The Morgan fingerprint density at radius 3 is 2.84 bits per heavy atom. The highest BCUT2D eigenvalue weighted by Gasteiger charge is 2.36. The lowest BCUT2D eigenvalue weighted by molar-refractivity contribution is -0.132. The average molecular weight is 342 g/mol. The van der Waals surface area contributed by atoms with Crippen LogP contribution in [-0.2, 0) is 24.3 Å². The molecule has 1 saturated carbocycles. The molecule has 2 aliphatic rings. The number of fused-ring (bicyclic) bond motifs is 1. The minimum Gasteiger partial charge on any atom is -0.466 e. The normalized spacial score (nSPS) is 22.3. The fraction of sp³-hybridized carbons (Fsp3) is 0.632. The van der Waals surface area contributed by atoms with Crippen molar-refractivity contribution < 1.29 is 9.21 Å². The monoisotopic (exact) mass is 342 g/mol. The van der Waals surface area contributed by atoms with E-state index >= 15 is 0 Å². The van der Waals surface area contributed by atoms with Crippen LogP contribution in [0.5, 0.6) is 0 Å². The molecule has 0 aromatic carbocycles. The van der Waals surface area contributed by atoms with Gasteiger partial charge in [0.15, 0.2) is 5.82 Å². The summed E-state index contributed by atoms with van der Waals surface area (Å²) in [6, 6.07) is 4.10. The lowest BCUT2D eigenvalue weighted by atomic mass is 10.2. The largest absolute Gasteiger partial charge is 0.466 e. The molecule has 2 atom stereocenters. The van der Waals surface area contributed by atoms with Gasteiger partial charge in [-0.15, -0.1) is 10.2 Å². The van der Waals surface area contributed by atoms with Gasteiger partial charge in [0.1, 0.15) is 17.3 Å². The van der Waals surface area contributed by atoms with Gasteiger partial charge in [0.05, 0.1) is 6.54 Å². The maximum absolute atomic E-state index is 12.6. The third-order valence-electron chi connectivity index (χ3n) is 5.39. The Balaban J connectivity index is 1.33. The quantitative estimate of drug-likeness (QED) is 0.837. The number of hydrogen-bond acceptors (Lipinski definition) is 4. The van der Waals surface area contributed by atoms with Gasteiger partial charge in [0, 0.05) is 37.8 Å². The summed E-state index contributed by atoms with van der Waals surface area (Å²) in [6.45, 7) is 8.56. The van der Waals surface area contributed by atoms with Gasteiger partial charge < -0.3 is 13.9 Å². The van der Waals surface area contributed by atoms with Crippen molar-refractivity contribution in [2.45, 2.75) is 65.0 Å². The van der Waals surface area contributed by atoms with E-state index in [0.717, 1.165) is 42.2 Å². The number of carbonyl (C=O) groups is 1. The number of carbonyl (C=O) groups excluding carboxylic acids is 1. The summed E-state index contributed by atoms with van der Waals surface area (Å²) in [5, 5.41) is 8.54. The molecule has 25 heavy (non-hydrogen) atoms. The van der Waals surface area contributed by atoms with Gasteiger partial charge in [-0.2, -0.15) is 0 Å². The van der Waals surface area contributed by atoms with Crippen molar-refractivity contribution in [3.8, 4) is 0 Å². The Hall–Kier alpha value is -2.11. The summed E-state index contributed by atoms with van der Waals surface area (Å²) in [6.07, 6.45) is 2.37. The van der Waals surface area contributed by atoms with Crippen LogP contribution in [0.2, 0.25) is 0 Å². The van der Waals surface area contributed by atoms with E-state index in [1.807, 2.05) is 11.0 Å². The van der Waals surface area contributed by atoms with Crippen LogP contribution in [0.15, 0.2) is 16.5 Å². The van der Waals surface area contributed by atoms with Crippen LogP contribution in [-0.4, -0.2) is 32.1 Å². The predicted octanol–water partition coefficient (Wildman–Crippen LogP) is 3.09. The van der Waals surface area contributed by atoms with Gasteiger partial charge in [-0.3, -0.25) is 4.79 Å². The molecule has 1 amide bonds. The zero-order valence-corrected chi connectivity index (χ0v) is 15.2. The maximum Gasteiger partial charge on any atom is 0.223 e. The number of aryl methyl sites for hydroxylation is 1. The van der Waals surface area contributed by atoms with Crippen molar-refractivity contribution in [2.24, 2.45) is 5.92 Å². The second-order valence-corrected chi connectivity index (χ2v) is 7.72. The zero-order chi connectivity index (χ0) is 17.6. The van der Waals surface area contributed by atoms with Crippen molar-refractivity contribution in [2.75, 3.05) is 6.54 Å². The summed E-state index contributed by atoms with van der Waals surface area (Å²) in [5.41, 5.74) is 0. The van der Waals surface area contributed by atoms with Crippen LogP contribution in [0, 0.1) is 5.92 Å². The Morgan fingerprint density at radius 2 is 2.12 bits per heavy atom. The molecule has 0 unspecified atom stereocenters. The first-order chi connectivity index (χ1) is 12.0. The maximum atomic E-state index is 12.6. The van der Waals surface area contributed by atoms with Gasteiger partial charge in [-0.25, -0.2) is 0 Å². The lowest BCUT2D eigenvalue weighted by Gasteiger charge is -2.28. The Morgan fingerprint density at radius 1 is 1.32 bits per heavy atom. The highest BCUT2D eigenvalue weighted by Crippen LogP contribution is 2.47. The smallest absolute Gasteiger partial charge is 0.223 e. The number of nitrogens with zero attached hydrogens (tertiary/aromatic N) is 4. The number of hydrogen-bond donors (Lipinski definition) is 0. The molecule has 0 bridgehead atoms. The topological polar surface area (TPSA) is 64.2 Å². The Labute approximate surface area is 148 Å². The molecular weight excluding hydrogens is 316 g/mol. The molecule has 0 spiro atoms. The van der Waals surface area contributed by atoms with E-state index in [2.05, 4.69) is 41.6 Å². The second-order valence-electron chi connectivity index (χ2n) is 7.72. The molecule has 3 heterocycles. The van der Waals surface area contributed by atoms with E-state index < -0.39 is 0 Å². The molecule has 1 aliphatic carbocycles. The van der Waals surface area contributed by atoms with Crippen molar-refractivity contribution >= 4 is 5.91 Å². The molecule has 0 saturated heterocycles. The van der Waals surface area contributed by atoms with E-state index in [9.17, 15) is 4.79 Å². The molecule has 6 heteroatoms. The molecule has 6 nitrogen and oxygen atoms in total. The van der Waals surface area contributed by atoms with Crippen molar-refractivity contribution in [1.29, 1.82) is 0 Å². The minimum atomic E-state index is 0.165. The second kappa shape index (κ2) is 6.32. The van der Waals surface area contributed by atoms with E-state index in [1.54, 1.807) is 0 Å². The average Bonchev–Trinajstić information content (AvgIpc) is 3.03. The van der Waals surface area contributed by atoms with Gasteiger partial charge in [0.2, 0.25) is 5.91 Å². The zero-order valence-electron chi connectivity index (χ0n) is 15.2. The molecule has 134 valence electrons. The lowest BCUT2D eigenvalue weighted by Crippen LogP contribution is -2.39. The van der Waals surface area contributed by atoms with Crippen LogP contribution in [0.3, 0.4) is 0 Å². The first-order valence-corrected chi connectivity index (χ1v) is 9.31. The standard InChI is InChI=1S/C19H26N4O2/c1-12(2)19-21-20-17-11-22(8-9-23(17)19)18(24)7-5-14-4-6-16(25-14)15-10-13(15)3/h4,6,12-13,15H,5,7-11H2,1-3H3/t13-,15-/m0/s1. The first-order valence-electron chi connectivity index (χ1n) is 9.31. The molecular formula is C19H26N4O2. The number of amides is 1. The highest BCUT2D eigenvalue weighted by molar-refractivity contribution is 5.76. The summed E-state index contributed by atoms with van der Waals surface area (Å²) >= 11 is 0. The predicted molar refractivity (Wildman–Crippen MR) is 93.1 cm³/mol. The van der Waals surface area contributed by atoms with Gasteiger partial charge >= 0.3 is 0 Å². The van der Waals surface area contributed by atoms with Crippen molar-refractivity contribution in [3.05, 3.63) is 35.3 Å². The Bertz CT molecular complexity index is 776. The molecule has 2 aromatic heterocycles. The third-order valence-corrected chi connectivity index (χ3v) is 5.39. The number of aromatic nitrogens is 3. The molecule has 2 aromatic rings. The van der Waals surface area contributed by atoms with Crippen LogP contribution in [0.4, 0.5) is 0 Å². The molecule has 0 N–H and O–H groups in total. The van der Waals surface area contributed by atoms with E-state index in [-0.39, 0.29) is 5.91 Å². The number of rotatable bonds is 5. The molecule has 0 radical (unpaired) electrons. The summed E-state index contributed by atoms with van der Waals surface area (Å²) in [7, 11) is 0. The molecule has 1 fully saturated rings. The van der Waals surface area contributed by atoms with Crippen LogP contribution >= 0.6 is 0 Å². The summed E-state index contributed by atoms with van der Waals surface area (Å²) in [4.78, 5) is 14.4. The highest BCUT2D eigenvalue weighted by atomic mass is 16.3. The first kappa shape index (κ1) is 16.4. The van der Waals surface area contributed by atoms with Gasteiger partial charge in [-0.1, -0.05) is 20.8 Å². The van der Waals surface area contributed by atoms with Crippen molar-refractivity contribution in [1.82, 2.24) is 19.7 Å². The van der Waals surface area contributed by atoms with Crippen LogP contribution in [0.1, 0.15) is 68.6 Å². The van der Waals surface area contributed by atoms with Gasteiger partial charge in [0.25, 0.3) is 0 Å². The van der Waals surface area contributed by atoms with Gasteiger partial charge in [-0.05, 0) is 24.5 Å².